The average molecular weight is 114 g/mol. The largest absolute Gasteiger partial charge is 0.390 e. The average Bonchev–Trinajstić information content (AvgIpc) is 1.82. The van der Waals surface area contributed by atoms with Gasteiger partial charge in [0.15, 0.2) is 0 Å². The Morgan fingerprint density at radius 1 is 1.75 bits per heavy atom. The van der Waals surface area contributed by atoms with Gasteiger partial charge in [-0.25, -0.2) is 0 Å². The summed E-state index contributed by atoms with van der Waals surface area (Å²) < 4.78 is 0. The first-order chi connectivity index (χ1) is 3.60. The third-order valence-electron chi connectivity index (χ3n) is 1.52. The molecule has 1 aliphatic carbocycles. The standard InChI is InChI=1S/C6H10O2/c1-6(8)3-2-5(7)4-6/h8H,2-4H2,1H3/t6-/m1/s1. The van der Waals surface area contributed by atoms with Gasteiger partial charge in [-0.15, -0.1) is 0 Å². The molecule has 8 heavy (non-hydrogen) atoms. The number of hydrogen-bond acceptors (Lipinski definition) is 2. The van der Waals surface area contributed by atoms with E-state index in [4.69, 9.17) is 5.11 Å². The molecule has 0 aliphatic heterocycles. The van der Waals surface area contributed by atoms with Gasteiger partial charge >= 0.3 is 0 Å². The van der Waals surface area contributed by atoms with Gasteiger partial charge in [0.05, 0.1) is 5.60 Å². The predicted molar refractivity (Wildman–Crippen MR) is 29.5 cm³/mol. The molecule has 1 N–H and O–H groups in total. The van der Waals surface area contributed by atoms with Crippen molar-refractivity contribution >= 4 is 5.78 Å². The molecule has 0 aromatic carbocycles. The van der Waals surface area contributed by atoms with Crippen molar-refractivity contribution in [3.63, 3.8) is 0 Å². The number of aliphatic hydroxyl groups is 1. The molecule has 0 spiro atoms. The number of Topliss-reactive ketones (excluding diaryl/α,β-unsaturated/α-hetero) is 1. The van der Waals surface area contributed by atoms with E-state index in [2.05, 4.69) is 0 Å². The van der Waals surface area contributed by atoms with Gasteiger partial charge in [-0.3, -0.25) is 4.79 Å². The fourth-order valence-electron chi connectivity index (χ4n) is 1.01. The molecule has 2 nitrogen and oxygen atoms in total. The molecule has 1 aliphatic rings. The van der Waals surface area contributed by atoms with Crippen molar-refractivity contribution in [1.82, 2.24) is 0 Å². The number of carbonyl (C=O) groups is 1. The van der Waals surface area contributed by atoms with Crippen LogP contribution in [0.2, 0.25) is 0 Å². The van der Waals surface area contributed by atoms with E-state index < -0.39 is 5.60 Å². The highest BCUT2D eigenvalue weighted by Crippen LogP contribution is 2.25. The molecule has 0 radical (unpaired) electrons. The van der Waals surface area contributed by atoms with E-state index in [9.17, 15) is 4.79 Å². The van der Waals surface area contributed by atoms with Gasteiger partial charge in [0, 0.05) is 12.8 Å². The van der Waals surface area contributed by atoms with Gasteiger partial charge in [-0.1, -0.05) is 0 Å². The Kier molecular flexibility index (Phi) is 1.12. The van der Waals surface area contributed by atoms with Crippen LogP contribution >= 0.6 is 0 Å². The van der Waals surface area contributed by atoms with E-state index in [0.717, 1.165) is 0 Å². The van der Waals surface area contributed by atoms with Crippen LogP contribution in [0, 0.1) is 0 Å². The second-order valence-corrected chi connectivity index (χ2v) is 2.71. The normalized spacial score (nSPS) is 38.5. The molecule has 46 valence electrons. The van der Waals surface area contributed by atoms with E-state index in [0.29, 0.717) is 19.3 Å². The van der Waals surface area contributed by atoms with Crippen molar-refractivity contribution in [2.45, 2.75) is 31.8 Å². The first kappa shape index (κ1) is 5.76. The van der Waals surface area contributed by atoms with E-state index >= 15 is 0 Å². The van der Waals surface area contributed by atoms with Gasteiger partial charge in [-0.2, -0.15) is 0 Å². The van der Waals surface area contributed by atoms with Crippen molar-refractivity contribution in [3.8, 4) is 0 Å². The SMILES string of the molecule is C[C@@]1(O)CCC(=O)C1. The molecule has 1 atom stereocenters. The highest BCUT2D eigenvalue weighted by Gasteiger charge is 2.30. The van der Waals surface area contributed by atoms with E-state index in [1.165, 1.54) is 0 Å². The maximum atomic E-state index is 10.5. The zero-order valence-corrected chi connectivity index (χ0v) is 4.98. The molecule has 0 amide bonds. The fraction of sp³-hybridized carbons (Fsp3) is 0.833. The Hall–Kier alpha value is -0.370. The smallest absolute Gasteiger partial charge is 0.135 e. The predicted octanol–water partition coefficient (Wildman–Crippen LogP) is 0.490. The third kappa shape index (κ3) is 1.07. The van der Waals surface area contributed by atoms with Crippen LogP contribution in [0.25, 0.3) is 0 Å². The Morgan fingerprint density at radius 3 is 2.50 bits per heavy atom. The lowest BCUT2D eigenvalue weighted by Crippen LogP contribution is -2.18. The van der Waals surface area contributed by atoms with Gasteiger partial charge in [0.1, 0.15) is 5.78 Å². The molecule has 2 heteroatoms. The summed E-state index contributed by atoms with van der Waals surface area (Å²) in [5.41, 5.74) is -0.683. The van der Waals surface area contributed by atoms with Gasteiger partial charge in [-0.05, 0) is 13.3 Å². The van der Waals surface area contributed by atoms with Crippen molar-refractivity contribution in [2.75, 3.05) is 0 Å². The van der Waals surface area contributed by atoms with Gasteiger partial charge in [0.2, 0.25) is 0 Å². The zero-order valence-electron chi connectivity index (χ0n) is 4.98. The number of rotatable bonds is 0. The molecule has 0 heterocycles. The molecule has 0 unspecified atom stereocenters. The summed E-state index contributed by atoms with van der Waals surface area (Å²) in [5, 5.41) is 9.14. The lowest BCUT2D eigenvalue weighted by molar-refractivity contribution is -0.118. The molecule has 1 saturated carbocycles. The zero-order chi connectivity index (χ0) is 6.20. The summed E-state index contributed by atoms with van der Waals surface area (Å²) in [6.45, 7) is 1.71. The topological polar surface area (TPSA) is 37.3 Å². The number of hydrogen-bond donors (Lipinski definition) is 1. The summed E-state index contributed by atoms with van der Waals surface area (Å²) in [4.78, 5) is 10.5. The summed E-state index contributed by atoms with van der Waals surface area (Å²) >= 11 is 0. The molecule has 0 aromatic rings. The highest BCUT2D eigenvalue weighted by atomic mass is 16.3. The van der Waals surface area contributed by atoms with Crippen molar-refractivity contribution in [1.29, 1.82) is 0 Å². The number of carbonyl (C=O) groups excluding carboxylic acids is 1. The maximum absolute atomic E-state index is 10.5. The maximum Gasteiger partial charge on any atom is 0.135 e. The second kappa shape index (κ2) is 1.55. The fourth-order valence-corrected chi connectivity index (χ4v) is 1.01. The van der Waals surface area contributed by atoms with Crippen LogP contribution in [0.4, 0.5) is 0 Å². The van der Waals surface area contributed by atoms with Crippen LogP contribution in [0.15, 0.2) is 0 Å². The third-order valence-corrected chi connectivity index (χ3v) is 1.52. The number of ketones is 1. The Bertz CT molecular complexity index is 116. The highest BCUT2D eigenvalue weighted by molar-refractivity contribution is 5.81. The van der Waals surface area contributed by atoms with Crippen LogP contribution in [-0.2, 0) is 4.79 Å². The van der Waals surface area contributed by atoms with Crippen molar-refractivity contribution in [2.24, 2.45) is 0 Å². The minimum Gasteiger partial charge on any atom is -0.390 e. The van der Waals surface area contributed by atoms with Crippen LogP contribution < -0.4 is 0 Å². The summed E-state index contributed by atoms with van der Waals surface area (Å²) in [5.74, 6) is 0.190. The van der Waals surface area contributed by atoms with Crippen LogP contribution in [0.3, 0.4) is 0 Å². The van der Waals surface area contributed by atoms with E-state index in [1.807, 2.05) is 0 Å². The molecule has 0 saturated heterocycles. The van der Waals surface area contributed by atoms with Crippen LogP contribution in [-0.4, -0.2) is 16.5 Å². The molecule has 0 aromatic heterocycles. The summed E-state index contributed by atoms with van der Waals surface area (Å²) in [6, 6.07) is 0. The molecule has 1 fully saturated rings. The Morgan fingerprint density at radius 2 is 2.38 bits per heavy atom. The minimum atomic E-state index is -0.683. The summed E-state index contributed by atoms with van der Waals surface area (Å²) in [6.07, 6.45) is 1.56. The van der Waals surface area contributed by atoms with E-state index in [-0.39, 0.29) is 5.78 Å². The summed E-state index contributed by atoms with van der Waals surface area (Å²) in [7, 11) is 0. The lowest BCUT2D eigenvalue weighted by Gasteiger charge is -2.11. The monoisotopic (exact) mass is 114 g/mol. The molecular formula is C6H10O2. The molecule has 0 bridgehead atoms. The molecular weight excluding hydrogens is 104 g/mol. The Labute approximate surface area is 48.5 Å². The van der Waals surface area contributed by atoms with Crippen molar-refractivity contribution < 1.29 is 9.90 Å². The molecule has 1 rings (SSSR count). The van der Waals surface area contributed by atoms with Crippen molar-refractivity contribution in [3.05, 3.63) is 0 Å². The van der Waals surface area contributed by atoms with Gasteiger partial charge in [0.25, 0.3) is 0 Å². The first-order valence-electron chi connectivity index (χ1n) is 2.84. The first-order valence-corrected chi connectivity index (χ1v) is 2.84. The minimum absolute atomic E-state index is 0.190. The second-order valence-electron chi connectivity index (χ2n) is 2.71. The van der Waals surface area contributed by atoms with Gasteiger partial charge < -0.3 is 5.11 Å². The Balaban J connectivity index is 2.56. The van der Waals surface area contributed by atoms with Crippen LogP contribution in [0.1, 0.15) is 26.2 Å². The lowest BCUT2D eigenvalue weighted by atomic mass is 10.1. The quantitative estimate of drug-likeness (QED) is 0.497. The van der Waals surface area contributed by atoms with E-state index in [1.54, 1.807) is 6.92 Å². The van der Waals surface area contributed by atoms with Crippen LogP contribution in [0.5, 0.6) is 0 Å².